The molecule has 1 N–H and O–H groups in total. The molecule has 0 amide bonds. The fraction of sp³-hybridized carbons (Fsp3) is 0.409. The average molecular weight is 418 g/mol. The molecule has 0 bridgehead atoms. The van der Waals surface area contributed by atoms with E-state index >= 15 is 0 Å². The van der Waals surface area contributed by atoms with Crippen LogP contribution >= 0.6 is 0 Å². The first kappa shape index (κ1) is 23.1. The van der Waals surface area contributed by atoms with Crippen molar-refractivity contribution in [2.75, 3.05) is 31.7 Å². The third kappa shape index (κ3) is 7.62. The van der Waals surface area contributed by atoms with Crippen molar-refractivity contribution in [2.45, 2.75) is 33.2 Å². The summed E-state index contributed by atoms with van der Waals surface area (Å²) < 4.78 is 23.0. The van der Waals surface area contributed by atoms with Crippen LogP contribution in [0.15, 0.2) is 54.6 Å². The standard InChI is InChI=1S/C22H31NO5Si/c1-4-25-29(26-5-2,27-6-3)18-10-17-23-20-13-15-21(16-14-20)28-22(24)19-11-8-7-9-12-19/h7-9,11-16,23H,4-6,10,17-18H2,1-3H3. The molecular formula is C22H31NO5Si. The van der Waals surface area contributed by atoms with Crippen LogP contribution in [0.2, 0.25) is 6.04 Å². The lowest BCUT2D eigenvalue weighted by molar-refractivity contribution is 0.0708. The van der Waals surface area contributed by atoms with Crippen molar-refractivity contribution in [3.8, 4) is 5.75 Å². The quantitative estimate of drug-likeness (QED) is 0.219. The van der Waals surface area contributed by atoms with E-state index in [2.05, 4.69) is 5.32 Å². The summed E-state index contributed by atoms with van der Waals surface area (Å²) in [6.45, 7) is 8.41. The van der Waals surface area contributed by atoms with Crippen molar-refractivity contribution in [2.24, 2.45) is 0 Å². The third-order valence-electron chi connectivity index (χ3n) is 4.16. The Morgan fingerprint density at radius 3 is 2.00 bits per heavy atom. The zero-order valence-electron chi connectivity index (χ0n) is 17.5. The molecule has 0 radical (unpaired) electrons. The predicted molar refractivity (Wildman–Crippen MR) is 116 cm³/mol. The first-order valence-electron chi connectivity index (χ1n) is 10.2. The molecule has 0 unspecified atom stereocenters. The Morgan fingerprint density at radius 1 is 0.862 bits per heavy atom. The van der Waals surface area contributed by atoms with E-state index in [4.69, 9.17) is 18.0 Å². The van der Waals surface area contributed by atoms with E-state index in [0.29, 0.717) is 31.1 Å². The molecule has 2 rings (SSSR count). The number of anilines is 1. The molecule has 6 nitrogen and oxygen atoms in total. The highest BCUT2D eigenvalue weighted by atomic mass is 28.4. The van der Waals surface area contributed by atoms with E-state index in [9.17, 15) is 4.79 Å². The van der Waals surface area contributed by atoms with E-state index in [0.717, 1.165) is 24.7 Å². The topological polar surface area (TPSA) is 66.0 Å². The molecular weight excluding hydrogens is 386 g/mol. The second-order valence-electron chi connectivity index (χ2n) is 6.29. The minimum Gasteiger partial charge on any atom is -0.423 e. The zero-order valence-corrected chi connectivity index (χ0v) is 18.5. The van der Waals surface area contributed by atoms with Gasteiger partial charge < -0.3 is 23.3 Å². The highest BCUT2D eigenvalue weighted by Gasteiger charge is 2.39. The molecule has 2 aromatic rings. The molecule has 158 valence electrons. The lowest BCUT2D eigenvalue weighted by atomic mass is 10.2. The van der Waals surface area contributed by atoms with Crippen molar-refractivity contribution < 1.29 is 22.8 Å². The number of benzene rings is 2. The zero-order chi connectivity index (χ0) is 21.0. The summed E-state index contributed by atoms with van der Waals surface area (Å²) >= 11 is 0. The predicted octanol–water partition coefficient (Wildman–Crippen LogP) is 4.76. The van der Waals surface area contributed by atoms with Crippen molar-refractivity contribution in [1.82, 2.24) is 0 Å². The molecule has 0 spiro atoms. The monoisotopic (exact) mass is 417 g/mol. The normalized spacial score (nSPS) is 11.3. The fourth-order valence-electron chi connectivity index (χ4n) is 2.92. The Balaban J connectivity index is 1.81. The summed E-state index contributed by atoms with van der Waals surface area (Å²) in [5, 5.41) is 3.37. The van der Waals surface area contributed by atoms with E-state index in [1.165, 1.54) is 0 Å². The van der Waals surface area contributed by atoms with Gasteiger partial charge in [-0.1, -0.05) is 18.2 Å². The lowest BCUT2D eigenvalue weighted by Gasteiger charge is -2.28. The van der Waals surface area contributed by atoms with E-state index in [1.54, 1.807) is 24.3 Å². The molecule has 0 saturated heterocycles. The van der Waals surface area contributed by atoms with Gasteiger partial charge in [-0.2, -0.15) is 0 Å². The maximum absolute atomic E-state index is 12.1. The maximum atomic E-state index is 12.1. The van der Waals surface area contributed by atoms with E-state index < -0.39 is 8.80 Å². The Kier molecular flexibility index (Phi) is 9.86. The molecule has 7 heteroatoms. The van der Waals surface area contributed by atoms with Crippen LogP contribution in [0.25, 0.3) is 0 Å². The van der Waals surface area contributed by atoms with Gasteiger partial charge in [-0.25, -0.2) is 4.79 Å². The van der Waals surface area contributed by atoms with Crippen molar-refractivity contribution >= 4 is 20.5 Å². The second kappa shape index (κ2) is 12.4. The highest BCUT2D eigenvalue weighted by molar-refractivity contribution is 6.60. The van der Waals surface area contributed by atoms with E-state index in [1.807, 2.05) is 51.1 Å². The lowest BCUT2D eigenvalue weighted by Crippen LogP contribution is -2.46. The van der Waals surface area contributed by atoms with Crippen LogP contribution in [-0.4, -0.2) is 41.1 Å². The van der Waals surface area contributed by atoms with Gasteiger partial charge in [0.2, 0.25) is 0 Å². The minimum atomic E-state index is -2.59. The van der Waals surface area contributed by atoms with Gasteiger partial charge in [0.25, 0.3) is 0 Å². The Morgan fingerprint density at radius 2 is 1.45 bits per heavy atom. The van der Waals surface area contributed by atoms with Gasteiger partial charge in [0.15, 0.2) is 0 Å². The first-order chi connectivity index (χ1) is 14.1. The first-order valence-corrected chi connectivity index (χ1v) is 12.1. The van der Waals surface area contributed by atoms with Gasteiger partial charge in [-0.05, 0) is 63.6 Å². The summed E-state index contributed by atoms with van der Waals surface area (Å²) in [5.41, 5.74) is 1.49. The summed E-state index contributed by atoms with van der Waals surface area (Å²) in [4.78, 5) is 12.1. The summed E-state index contributed by atoms with van der Waals surface area (Å²) in [6.07, 6.45) is 0.872. The van der Waals surface area contributed by atoms with Gasteiger partial charge in [-0.3, -0.25) is 0 Å². The number of hydrogen-bond acceptors (Lipinski definition) is 6. The Bertz CT molecular complexity index is 707. The van der Waals surface area contributed by atoms with Gasteiger partial charge in [-0.15, -0.1) is 0 Å². The van der Waals surface area contributed by atoms with Crippen molar-refractivity contribution in [3.05, 3.63) is 60.2 Å². The van der Waals surface area contributed by atoms with Crippen LogP contribution in [0.4, 0.5) is 5.69 Å². The molecule has 29 heavy (non-hydrogen) atoms. The third-order valence-corrected chi connectivity index (χ3v) is 7.31. The second-order valence-corrected chi connectivity index (χ2v) is 9.02. The van der Waals surface area contributed by atoms with Crippen LogP contribution in [0.1, 0.15) is 37.6 Å². The molecule has 0 atom stereocenters. The van der Waals surface area contributed by atoms with Crippen molar-refractivity contribution in [1.29, 1.82) is 0 Å². The molecule has 0 aliphatic heterocycles. The number of nitrogens with one attached hydrogen (secondary N) is 1. The van der Waals surface area contributed by atoms with E-state index in [-0.39, 0.29) is 5.97 Å². The largest absolute Gasteiger partial charge is 0.500 e. The molecule has 0 aliphatic rings. The van der Waals surface area contributed by atoms with Gasteiger partial charge in [0.05, 0.1) is 5.56 Å². The number of carbonyl (C=O) groups excluding carboxylic acids is 1. The molecule has 0 fully saturated rings. The number of carbonyl (C=O) groups is 1. The number of hydrogen-bond donors (Lipinski definition) is 1. The fourth-order valence-corrected chi connectivity index (χ4v) is 5.53. The highest BCUT2D eigenvalue weighted by Crippen LogP contribution is 2.20. The minimum absolute atomic E-state index is 0.365. The van der Waals surface area contributed by atoms with Crippen LogP contribution in [0.3, 0.4) is 0 Å². The molecule has 0 aliphatic carbocycles. The summed E-state index contributed by atoms with van der Waals surface area (Å²) in [6, 6.07) is 17.1. The SMILES string of the molecule is CCO[Si](CCCNc1ccc(OC(=O)c2ccccc2)cc1)(OCC)OCC. The maximum Gasteiger partial charge on any atom is 0.500 e. The van der Waals surface area contributed by atoms with Gasteiger partial charge in [0.1, 0.15) is 5.75 Å². The average Bonchev–Trinajstić information content (AvgIpc) is 2.73. The smallest absolute Gasteiger partial charge is 0.423 e. The van der Waals surface area contributed by atoms with Gasteiger partial charge in [0, 0.05) is 38.1 Å². The Hall–Kier alpha value is -2.19. The molecule has 2 aromatic carbocycles. The molecule has 0 aromatic heterocycles. The summed E-state index contributed by atoms with van der Waals surface area (Å²) in [7, 11) is -2.59. The molecule has 0 heterocycles. The van der Waals surface area contributed by atoms with Crippen LogP contribution in [0.5, 0.6) is 5.75 Å². The van der Waals surface area contributed by atoms with Crippen LogP contribution in [0, 0.1) is 0 Å². The Labute approximate surface area is 174 Å². The summed E-state index contributed by atoms with van der Waals surface area (Å²) in [5.74, 6) is 0.148. The van der Waals surface area contributed by atoms with Crippen LogP contribution in [-0.2, 0) is 13.3 Å². The number of ether oxygens (including phenoxy) is 1. The number of rotatable bonds is 13. The molecule has 0 saturated carbocycles. The number of esters is 1. The van der Waals surface area contributed by atoms with Gasteiger partial charge >= 0.3 is 14.8 Å². The van der Waals surface area contributed by atoms with Crippen LogP contribution < -0.4 is 10.1 Å². The van der Waals surface area contributed by atoms with Crippen molar-refractivity contribution in [3.63, 3.8) is 0 Å².